The average molecular weight is 269 g/mol. The third-order valence-corrected chi connectivity index (χ3v) is 5.90. The number of rotatable bonds is 6. The van der Waals surface area contributed by atoms with Crippen molar-refractivity contribution in [1.29, 1.82) is 0 Å². The monoisotopic (exact) mass is 268 g/mol. The molecule has 0 saturated heterocycles. The molecule has 0 spiro atoms. The zero-order valence-electron chi connectivity index (χ0n) is 12.0. The Kier molecular flexibility index (Phi) is 10.9. The fourth-order valence-corrected chi connectivity index (χ4v) is 2.46. The fourth-order valence-electron chi connectivity index (χ4n) is 0.820. The van der Waals surface area contributed by atoms with E-state index in [0.717, 1.165) is 13.2 Å². The molecule has 0 aliphatic carbocycles. The van der Waals surface area contributed by atoms with Gasteiger partial charge in [-0.05, 0) is 40.0 Å². The Labute approximate surface area is 103 Å². The van der Waals surface area contributed by atoms with Gasteiger partial charge in [0.25, 0.3) is 0 Å². The predicted octanol–water partition coefficient (Wildman–Crippen LogP) is 2.74. The lowest BCUT2D eigenvalue weighted by molar-refractivity contribution is 0.196. The summed E-state index contributed by atoms with van der Waals surface area (Å²) in [5, 5.41) is 0. The van der Waals surface area contributed by atoms with E-state index in [1.807, 2.05) is 26.9 Å². The molecule has 6 heteroatoms. The minimum atomic E-state index is -1.70. The maximum atomic E-state index is 5.39. The maximum Gasteiger partial charge on any atom is 0.331 e. The van der Waals surface area contributed by atoms with Crippen LogP contribution in [0.3, 0.4) is 0 Å². The van der Waals surface area contributed by atoms with Crippen molar-refractivity contribution in [2.75, 3.05) is 27.4 Å². The molecule has 16 heavy (non-hydrogen) atoms. The highest BCUT2D eigenvalue weighted by Crippen LogP contribution is 2.04. The van der Waals surface area contributed by atoms with Crippen LogP contribution in [0.4, 0.5) is 0 Å². The largest absolute Gasteiger partial charge is 0.398 e. The first-order valence-corrected chi connectivity index (χ1v) is 11.3. The molecule has 0 heterocycles. The van der Waals surface area contributed by atoms with Crippen LogP contribution >= 0.6 is 0 Å². The van der Waals surface area contributed by atoms with Gasteiger partial charge in [0, 0.05) is 27.4 Å². The fraction of sp³-hybridized carbons (Fsp3) is 1.00. The van der Waals surface area contributed by atoms with E-state index in [-0.39, 0.29) is 0 Å². The van der Waals surface area contributed by atoms with E-state index in [9.17, 15) is 0 Å². The lowest BCUT2D eigenvalue weighted by Gasteiger charge is -2.20. The highest BCUT2D eigenvalue weighted by atomic mass is 28.4. The van der Waals surface area contributed by atoms with Gasteiger partial charge in [-0.1, -0.05) is 0 Å². The number of hydrogen-bond acceptors (Lipinski definition) is 4. The van der Waals surface area contributed by atoms with Gasteiger partial charge >= 0.3 is 17.1 Å². The van der Waals surface area contributed by atoms with Crippen LogP contribution in [0, 0.1) is 0 Å². The van der Waals surface area contributed by atoms with Gasteiger partial charge in [-0.15, -0.1) is 0 Å². The third-order valence-electron chi connectivity index (χ3n) is 1.97. The highest BCUT2D eigenvalue weighted by Gasteiger charge is 2.22. The summed E-state index contributed by atoms with van der Waals surface area (Å²) in [7, 11) is -0.00193. The Morgan fingerprint density at radius 2 is 1.00 bits per heavy atom. The molecule has 0 aromatic carbocycles. The minimum Gasteiger partial charge on any atom is -0.398 e. The Morgan fingerprint density at radius 1 is 0.688 bits per heavy atom. The number of hydrogen-bond donors (Lipinski definition) is 0. The van der Waals surface area contributed by atoms with Crippen molar-refractivity contribution < 1.29 is 17.7 Å². The van der Waals surface area contributed by atoms with E-state index in [4.69, 9.17) is 17.7 Å². The lowest BCUT2D eigenvalue weighted by Crippen LogP contribution is -2.34. The van der Waals surface area contributed by atoms with Crippen molar-refractivity contribution in [2.45, 2.75) is 40.0 Å². The first-order valence-electron chi connectivity index (χ1n) is 5.62. The van der Waals surface area contributed by atoms with Gasteiger partial charge in [0.1, 0.15) is 0 Å². The average Bonchev–Trinajstić information content (AvgIpc) is 2.18. The van der Waals surface area contributed by atoms with Gasteiger partial charge in [0.15, 0.2) is 0 Å². The summed E-state index contributed by atoms with van der Waals surface area (Å²) in [6.45, 7) is 13.6. The van der Waals surface area contributed by atoms with Crippen LogP contribution in [-0.4, -0.2) is 44.6 Å². The van der Waals surface area contributed by atoms with Crippen LogP contribution in [0.2, 0.25) is 26.2 Å². The van der Waals surface area contributed by atoms with E-state index in [1.54, 1.807) is 14.2 Å². The second-order valence-corrected chi connectivity index (χ2v) is 11.1. The van der Waals surface area contributed by atoms with Crippen LogP contribution in [0.25, 0.3) is 0 Å². The summed E-state index contributed by atoms with van der Waals surface area (Å²) in [6.07, 6.45) is 0. The van der Waals surface area contributed by atoms with E-state index >= 15 is 0 Å². The van der Waals surface area contributed by atoms with Crippen molar-refractivity contribution in [1.82, 2.24) is 0 Å². The van der Waals surface area contributed by atoms with Crippen LogP contribution < -0.4 is 0 Å². The van der Waals surface area contributed by atoms with Gasteiger partial charge in [0.2, 0.25) is 0 Å². The molecule has 0 amide bonds. The normalized spacial score (nSPS) is 12.0. The van der Waals surface area contributed by atoms with Gasteiger partial charge in [-0.3, -0.25) is 0 Å². The van der Waals surface area contributed by atoms with E-state index in [1.165, 1.54) is 0 Å². The maximum absolute atomic E-state index is 5.39. The van der Waals surface area contributed by atoms with Gasteiger partial charge in [-0.25, -0.2) is 0 Å². The smallest absolute Gasteiger partial charge is 0.331 e. The first kappa shape index (κ1) is 18.6. The minimum absolute atomic E-state index is 0.763. The van der Waals surface area contributed by atoms with Crippen LogP contribution in [0.1, 0.15) is 13.8 Å². The van der Waals surface area contributed by atoms with Gasteiger partial charge < -0.3 is 17.7 Å². The topological polar surface area (TPSA) is 36.9 Å². The van der Waals surface area contributed by atoms with Gasteiger partial charge in [-0.2, -0.15) is 0 Å². The van der Waals surface area contributed by atoms with Crippen LogP contribution in [0.5, 0.6) is 0 Å². The molecular formula is C10H28O4Si2. The summed E-state index contributed by atoms with van der Waals surface area (Å²) in [5.74, 6) is 0. The van der Waals surface area contributed by atoms with Crippen molar-refractivity contribution in [3.8, 4) is 0 Å². The summed E-state index contributed by atoms with van der Waals surface area (Å²) in [6, 6.07) is 0. The Hall–Kier alpha value is 0.274. The predicted molar refractivity (Wildman–Crippen MR) is 72.2 cm³/mol. The molecule has 0 saturated carbocycles. The molecule has 0 aliphatic rings. The van der Waals surface area contributed by atoms with Crippen molar-refractivity contribution in [3.05, 3.63) is 0 Å². The molecule has 0 radical (unpaired) electrons. The Morgan fingerprint density at radius 3 is 1.12 bits per heavy atom. The van der Waals surface area contributed by atoms with Crippen LogP contribution in [-0.2, 0) is 17.7 Å². The first-order chi connectivity index (χ1) is 7.24. The molecule has 0 aromatic rings. The zero-order valence-corrected chi connectivity index (χ0v) is 14.0. The summed E-state index contributed by atoms with van der Waals surface area (Å²) >= 11 is 0. The molecule has 0 bridgehead atoms. The molecule has 0 aliphatic heterocycles. The van der Waals surface area contributed by atoms with Crippen molar-refractivity contribution in [2.24, 2.45) is 0 Å². The van der Waals surface area contributed by atoms with Crippen molar-refractivity contribution in [3.63, 3.8) is 0 Å². The Bertz CT molecular complexity index is 149. The SMILES string of the molecule is CCO[Si](C)(C)OCC.CO[Si](C)(C)OC. The van der Waals surface area contributed by atoms with E-state index in [2.05, 4.69) is 13.1 Å². The molecule has 0 rings (SSSR count). The summed E-state index contributed by atoms with van der Waals surface area (Å²) < 4.78 is 20.8. The summed E-state index contributed by atoms with van der Waals surface area (Å²) in [5.41, 5.74) is 0. The molecule has 4 nitrogen and oxygen atoms in total. The second kappa shape index (κ2) is 9.32. The molecule has 0 aromatic heterocycles. The molecule has 0 unspecified atom stereocenters. The Balaban J connectivity index is 0. The lowest BCUT2D eigenvalue weighted by atomic mass is 10.9. The van der Waals surface area contributed by atoms with Crippen LogP contribution in [0.15, 0.2) is 0 Å². The zero-order chi connectivity index (χ0) is 13.2. The van der Waals surface area contributed by atoms with Crippen molar-refractivity contribution >= 4 is 17.1 Å². The van der Waals surface area contributed by atoms with Gasteiger partial charge in [0.05, 0.1) is 0 Å². The molecule has 0 fully saturated rings. The second-order valence-electron chi connectivity index (χ2n) is 4.07. The molecule has 0 atom stereocenters. The molecular weight excluding hydrogens is 240 g/mol. The van der Waals surface area contributed by atoms with E-state index in [0.29, 0.717) is 0 Å². The molecule has 0 N–H and O–H groups in total. The molecule has 100 valence electrons. The van der Waals surface area contributed by atoms with E-state index < -0.39 is 17.1 Å². The third kappa shape index (κ3) is 12.3. The summed E-state index contributed by atoms with van der Waals surface area (Å²) in [4.78, 5) is 0. The highest BCUT2D eigenvalue weighted by molar-refractivity contribution is 6.64. The quantitative estimate of drug-likeness (QED) is 0.694. The standard InChI is InChI=1S/C6H16O2Si.C4H12O2Si/c1-5-7-9(3,4)8-6-2;1-5-7(3,4)6-2/h5-6H2,1-4H3;1-4H3.